The molecule has 0 spiro atoms. The highest BCUT2D eigenvalue weighted by molar-refractivity contribution is 5.92. The fourth-order valence-corrected chi connectivity index (χ4v) is 3.64. The van der Waals surface area contributed by atoms with Crippen molar-refractivity contribution in [2.24, 2.45) is 11.7 Å². The van der Waals surface area contributed by atoms with Crippen molar-refractivity contribution in [1.29, 1.82) is 0 Å². The third kappa shape index (κ3) is 4.08. The molecule has 26 heavy (non-hydrogen) atoms. The molecule has 1 atom stereocenters. The lowest BCUT2D eigenvalue weighted by Crippen LogP contribution is -2.36. The summed E-state index contributed by atoms with van der Waals surface area (Å²) in [6.45, 7) is 3.33. The van der Waals surface area contributed by atoms with E-state index in [1.54, 1.807) is 0 Å². The number of primary amides is 1. The zero-order valence-corrected chi connectivity index (χ0v) is 14.6. The average molecular weight is 365 g/mol. The fourth-order valence-electron chi connectivity index (χ4n) is 3.64. The van der Waals surface area contributed by atoms with Gasteiger partial charge in [0.2, 0.25) is 5.91 Å². The summed E-state index contributed by atoms with van der Waals surface area (Å²) >= 11 is 0. The minimum Gasteiger partial charge on any atom is -0.371 e. The number of anilines is 1. The Labute approximate surface area is 150 Å². The molecule has 2 heterocycles. The largest absolute Gasteiger partial charge is 0.416 e. The maximum atomic E-state index is 13.1. The Balaban J connectivity index is 1.96. The van der Waals surface area contributed by atoms with Gasteiger partial charge in [0.1, 0.15) is 0 Å². The molecule has 140 valence electrons. The second-order valence-corrected chi connectivity index (χ2v) is 6.97. The van der Waals surface area contributed by atoms with Gasteiger partial charge in [-0.25, -0.2) is 0 Å². The molecule has 0 bridgehead atoms. The van der Waals surface area contributed by atoms with Gasteiger partial charge in [-0.1, -0.05) is 0 Å². The summed E-state index contributed by atoms with van der Waals surface area (Å²) in [5.41, 5.74) is 6.68. The maximum Gasteiger partial charge on any atom is 0.416 e. The van der Waals surface area contributed by atoms with Gasteiger partial charge in [0.05, 0.1) is 11.1 Å². The van der Waals surface area contributed by atoms with Crippen molar-refractivity contribution in [2.45, 2.75) is 38.8 Å². The minimum atomic E-state index is -4.39. The highest BCUT2D eigenvalue weighted by Crippen LogP contribution is 2.36. The molecule has 0 radical (unpaired) electrons. The van der Waals surface area contributed by atoms with E-state index in [-0.39, 0.29) is 5.91 Å². The van der Waals surface area contributed by atoms with Crippen molar-refractivity contribution < 1.29 is 18.0 Å². The van der Waals surface area contributed by atoms with Gasteiger partial charge in [-0.3, -0.25) is 9.78 Å². The number of fused-ring (bicyclic) bond motifs is 1. The van der Waals surface area contributed by atoms with Crippen LogP contribution in [0.25, 0.3) is 10.9 Å². The van der Waals surface area contributed by atoms with Gasteiger partial charge in [-0.05, 0) is 56.4 Å². The Morgan fingerprint density at radius 1 is 1.35 bits per heavy atom. The first kappa shape index (κ1) is 18.5. The molecule has 3 rings (SSSR count). The fraction of sp³-hybridized carbons (Fsp3) is 0.474. The molecule has 1 aromatic carbocycles. The van der Waals surface area contributed by atoms with Crippen molar-refractivity contribution in [2.75, 3.05) is 18.0 Å². The number of pyridine rings is 1. The van der Waals surface area contributed by atoms with E-state index in [4.69, 9.17) is 5.73 Å². The zero-order valence-electron chi connectivity index (χ0n) is 14.6. The van der Waals surface area contributed by atoms with Crippen molar-refractivity contribution in [3.8, 4) is 0 Å². The third-order valence-corrected chi connectivity index (χ3v) is 4.90. The number of benzene rings is 1. The summed E-state index contributed by atoms with van der Waals surface area (Å²) in [7, 11) is 0. The highest BCUT2D eigenvalue weighted by atomic mass is 19.4. The van der Waals surface area contributed by atoms with Crippen LogP contribution in [0.2, 0.25) is 0 Å². The molecule has 1 aliphatic rings. The van der Waals surface area contributed by atoms with Crippen LogP contribution in [-0.2, 0) is 11.0 Å². The van der Waals surface area contributed by atoms with E-state index in [9.17, 15) is 18.0 Å². The van der Waals surface area contributed by atoms with Crippen LogP contribution in [0.15, 0.2) is 24.3 Å². The molecule has 1 aliphatic heterocycles. The first-order valence-corrected chi connectivity index (χ1v) is 8.76. The summed E-state index contributed by atoms with van der Waals surface area (Å²) in [6, 6.07) is 5.54. The molecule has 0 saturated carbocycles. The number of nitrogens with zero attached hydrogens (tertiary/aromatic N) is 2. The molecule has 0 unspecified atom stereocenters. The van der Waals surface area contributed by atoms with E-state index < -0.39 is 11.7 Å². The monoisotopic (exact) mass is 365 g/mol. The van der Waals surface area contributed by atoms with E-state index in [0.29, 0.717) is 36.2 Å². The molecule has 2 N–H and O–H groups in total. The topological polar surface area (TPSA) is 59.2 Å². The number of piperidine rings is 1. The molecule has 1 aromatic heterocycles. The predicted molar refractivity (Wildman–Crippen MR) is 94.8 cm³/mol. The van der Waals surface area contributed by atoms with Crippen LogP contribution in [0.5, 0.6) is 0 Å². The standard InChI is InChI=1S/C19H22F3N3O/c1-12-9-17(25-8-2-3-13(11-25)4-7-18(23)26)15-10-14(19(20,21)22)5-6-16(15)24-12/h5-6,9-10,13H,2-4,7-8,11H2,1H3,(H2,23,26)/t13-/m1/s1. The van der Waals surface area contributed by atoms with Gasteiger partial charge in [0, 0.05) is 36.3 Å². The molecule has 0 aliphatic carbocycles. The quantitative estimate of drug-likeness (QED) is 0.889. The number of carbonyl (C=O) groups excluding carboxylic acids is 1. The molecule has 7 heteroatoms. The van der Waals surface area contributed by atoms with Crippen LogP contribution in [0.4, 0.5) is 18.9 Å². The number of nitrogens with two attached hydrogens (primary N) is 1. The Hall–Kier alpha value is -2.31. The van der Waals surface area contributed by atoms with Crippen LogP contribution in [0.3, 0.4) is 0 Å². The second-order valence-electron chi connectivity index (χ2n) is 6.97. The number of hydrogen-bond donors (Lipinski definition) is 1. The molecule has 1 saturated heterocycles. The van der Waals surface area contributed by atoms with Gasteiger partial charge >= 0.3 is 6.18 Å². The smallest absolute Gasteiger partial charge is 0.371 e. The minimum absolute atomic E-state index is 0.311. The Bertz CT molecular complexity index is 820. The van der Waals surface area contributed by atoms with E-state index in [2.05, 4.69) is 9.88 Å². The number of carbonyl (C=O) groups is 1. The van der Waals surface area contributed by atoms with E-state index in [1.165, 1.54) is 12.1 Å². The van der Waals surface area contributed by atoms with Crippen molar-refractivity contribution in [3.63, 3.8) is 0 Å². The van der Waals surface area contributed by atoms with E-state index in [0.717, 1.165) is 36.8 Å². The number of alkyl halides is 3. The summed E-state index contributed by atoms with van der Waals surface area (Å²) in [6.07, 6.45) is -1.40. The summed E-state index contributed by atoms with van der Waals surface area (Å²) < 4.78 is 39.4. The van der Waals surface area contributed by atoms with Crippen LogP contribution < -0.4 is 10.6 Å². The van der Waals surface area contributed by atoms with Gasteiger partial charge in [-0.15, -0.1) is 0 Å². The van der Waals surface area contributed by atoms with Crippen LogP contribution in [0.1, 0.15) is 36.9 Å². The SMILES string of the molecule is Cc1cc(N2CCC[C@H](CCC(N)=O)C2)c2cc(C(F)(F)F)ccc2n1. The van der Waals surface area contributed by atoms with Gasteiger partial charge in [-0.2, -0.15) is 13.2 Å². The van der Waals surface area contributed by atoms with E-state index >= 15 is 0 Å². The molecule has 1 fully saturated rings. The van der Waals surface area contributed by atoms with Crippen molar-refractivity contribution in [3.05, 3.63) is 35.5 Å². The van der Waals surface area contributed by atoms with Crippen molar-refractivity contribution >= 4 is 22.5 Å². The van der Waals surface area contributed by atoms with Crippen LogP contribution in [-0.4, -0.2) is 24.0 Å². The maximum absolute atomic E-state index is 13.1. The van der Waals surface area contributed by atoms with Gasteiger partial charge < -0.3 is 10.6 Å². The third-order valence-electron chi connectivity index (χ3n) is 4.90. The first-order valence-electron chi connectivity index (χ1n) is 8.76. The van der Waals surface area contributed by atoms with Gasteiger partial charge in [0.25, 0.3) is 0 Å². The Morgan fingerprint density at radius 3 is 2.81 bits per heavy atom. The summed E-state index contributed by atoms with van der Waals surface area (Å²) in [4.78, 5) is 17.5. The number of hydrogen-bond acceptors (Lipinski definition) is 3. The molecule has 1 amide bonds. The highest BCUT2D eigenvalue weighted by Gasteiger charge is 2.31. The second kappa shape index (κ2) is 7.13. The number of amides is 1. The molecule has 4 nitrogen and oxygen atoms in total. The Morgan fingerprint density at radius 2 is 2.12 bits per heavy atom. The van der Waals surface area contributed by atoms with Crippen molar-refractivity contribution in [1.82, 2.24) is 4.98 Å². The molecule has 2 aromatic rings. The molecular formula is C19H22F3N3O. The first-order chi connectivity index (χ1) is 12.2. The predicted octanol–water partition coefficient (Wildman–Crippen LogP) is 4.04. The number of aryl methyl sites for hydroxylation is 1. The zero-order chi connectivity index (χ0) is 18.9. The normalized spacial score (nSPS) is 18.3. The number of aromatic nitrogens is 1. The number of rotatable bonds is 4. The summed E-state index contributed by atoms with van der Waals surface area (Å²) in [5, 5.41) is 0.515. The molecular weight excluding hydrogens is 343 g/mol. The van der Waals surface area contributed by atoms with Gasteiger partial charge in [0.15, 0.2) is 0 Å². The van der Waals surface area contributed by atoms with Crippen LogP contribution in [0, 0.1) is 12.8 Å². The lowest BCUT2D eigenvalue weighted by molar-refractivity contribution is -0.137. The Kier molecular flexibility index (Phi) is 5.07. The summed E-state index contributed by atoms with van der Waals surface area (Å²) in [5.74, 6) is -0.00674. The lowest BCUT2D eigenvalue weighted by atomic mass is 9.92. The van der Waals surface area contributed by atoms with E-state index in [1.807, 2.05) is 13.0 Å². The number of halogens is 3. The lowest BCUT2D eigenvalue weighted by Gasteiger charge is -2.35. The average Bonchev–Trinajstić information content (AvgIpc) is 2.58. The van der Waals surface area contributed by atoms with Crippen LogP contribution >= 0.6 is 0 Å².